The van der Waals surface area contributed by atoms with Crippen LogP contribution in [0.1, 0.15) is 35.1 Å². The zero-order valence-electron chi connectivity index (χ0n) is 24.1. The first-order valence-corrected chi connectivity index (χ1v) is 14.6. The second-order valence-electron chi connectivity index (χ2n) is 10.4. The second kappa shape index (κ2) is 13.7. The fraction of sp³-hybridized carbons (Fsp3) is 0.167. The fourth-order valence-corrected chi connectivity index (χ4v) is 6.14. The minimum absolute atomic E-state index is 0.126. The van der Waals surface area contributed by atoms with Crippen molar-refractivity contribution < 1.29 is 24.5 Å². The van der Waals surface area contributed by atoms with Crippen LogP contribution in [-0.4, -0.2) is 31.7 Å². The number of carboxylic acid groups (broad SMARTS) is 2. The van der Waals surface area contributed by atoms with E-state index in [1.54, 1.807) is 31.2 Å². The summed E-state index contributed by atoms with van der Waals surface area (Å²) in [7, 11) is 0. The Morgan fingerprint density at radius 2 is 1.25 bits per heavy atom. The molecule has 4 aromatic rings. The van der Waals surface area contributed by atoms with Gasteiger partial charge in [-0.2, -0.15) is 0 Å². The molecule has 0 fully saturated rings. The highest BCUT2D eigenvalue weighted by atomic mass is 35.5. The van der Waals surface area contributed by atoms with Crippen LogP contribution in [0.2, 0.25) is 5.02 Å². The zero-order chi connectivity index (χ0) is 31.1. The van der Waals surface area contributed by atoms with Gasteiger partial charge in [-0.05, 0) is 35.2 Å². The summed E-state index contributed by atoms with van der Waals surface area (Å²) in [5, 5.41) is 31.5. The van der Waals surface area contributed by atoms with Gasteiger partial charge < -0.3 is 29.9 Å². The largest absolute Gasteiger partial charge is 0.545 e. The van der Waals surface area contributed by atoms with Crippen molar-refractivity contribution in [2.75, 3.05) is 19.8 Å². The maximum Gasteiger partial charge on any atom is 0.0948 e. The Labute approximate surface area is 261 Å². The molecule has 0 saturated carbocycles. The molecule has 224 valence electrons. The Kier molecular flexibility index (Phi) is 9.60. The van der Waals surface area contributed by atoms with Gasteiger partial charge in [-0.3, -0.25) is 5.32 Å². The number of carboxylic acids is 2. The molecule has 0 radical (unpaired) electrons. The molecule has 5 rings (SSSR count). The number of hydrogen-bond acceptors (Lipinski definition) is 7. The SMILES string of the molecule is CC1=C(C(=O)[O-])C(c2ccccc2Cl)C(C(=O)[O-])=C(COCCNC(c2ccccc2)(c2ccccc2)c2ccccc2)N1. The first-order valence-electron chi connectivity index (χ1n) is 14.2. The predicted octanol–water partition coefficient (Wildman–Crippen LogP) is 3.65. The van der Waals surface area contributed by atoms with Crippen LogP contribution >= 0.6 is 11.6 Å². The van der Waals surface area contributed by atoms with Crippen molar-refractivity contribution >= 4 is 23.5 Å². The van der Waals surface area contributed by atoms with Crippen LogP contribution in [0.15, 0.2) is 138 Å². The number of rotatable bonds is 12. The third kappa shape index (κ3) is 6.17. The smallest absolute Gasteiger partial charge is 0.0948 e. The number of nitrogens with one attached hydrogen (secondary N) is 2. The van der Waals surface area contributed by atoms with Crippen LogP contribution in [0.3, 0.4) is 0 Å². The molecule has 0 spiro atoms. The summed E-state index contributed by atoms with van der Waals surface area (Å²) in [4.78, 5) is 24.6. The van der Waals surface area contributed by atoms with Gasteiger partial charge >= 0.3 is 0 Å². The maximum atomic E-state index is 12.5. The molecule has 1 aliphatic rings. The summed E-state index contributed by atoms with van der Waals surface area (Å²) < 4.78 is 6.02. The van der Waals surface area contributed by atoms with Crippen molar-refractivity contribution in [3.8, 4) is 0 Å². The number of allylic oxidation sites excluding steroid dienone is 1. The Morgan fingerprint density at radius 1 is 0.773 bits per heavy atom. The molecule has 2 N–H and O–H groups in total. The highest BCUT2D eigenvalue weighted by Crippen LogP contribution is 2.40. The summed E-state index contributed by atoms with van der Waals surface area (Å²) in [5.41, 5.74) is 2.73. The molecule has 0 bridgehead atoms. The van der Waals surface area contributed by atoms with Gasteiger partial charge in [-0.1, -0.05) is 121 Å². The molecule has 44 heavy (non-hydrogen) atoms. The van der Waals surface area contributed by atoms with Crippen molar-refractivity contribution in [1.29, 1.82) is 0 Å². The normalized spacial score (nSPS) is 15.2. The van der Waals surface area contributed by atoms with Crippen LogP contribution in [0.25, 0.3) is 0 Å². The van der Waals surface area contributed by atoms with E-state index in [-0.39, 0.29) is 40.8 Å². The minimum atomic E-state index is -1.53. The predicted molar refractivity (Wildman–Crippen MR) is 165 cm³/mol. The maximum absolute atomic E-state index is 12.5. The number of benzene rings is 4. The molecule has 0 aliphatic carbocycles. The zero-order valence-corrected chi connectivity index (χ0v) is 24.8. The summed E-state index contributed by atoms with van der Waals surface area (Å²) in [6, 6.07) is 36.9. The Balaban J connectivity index is 1.42. The van der Waals surface area contributed by atoms with Crippen molar-refractivity contribution in [2.45, 2.75) is 18.4 Å². The number of aliphatic carboxylic acids is 2. The fourth-order valence-electron chi connectivity index (χ4n) is 5.90. The van der Waals surface area contributed by atoms with E-state index >= 15 is 0 Å². The monoisotopic (exact) mass is 606 g/mol. The van der Waals surface area contributed by atoms with Gasteiger partial charge in [0, 0.05) is 40.0 Å². The lowest BCUT2D eigenvalue weighted by molar-refractivity contribution is -0.300. The summed E-state index contributed by atoms with van der Waals surface area (Å²) >= 11 is 6.40. The standard InChI is InChI=1S/C36H33ClN2O5/c1-24-31(34(40)41)32(28-19-11-12-20-29(28)37)33(35(42)43)30(39-24)23-44-22-21-38-36(25-13-5-2-6-14-25,26-15-7-3-8-16-26)27-17-9-4-10-18-27/h2-20,32,38-39H,21-23H2,1H3,(H,40,41)(H,42,43)/p-2. The lowest BCUT2D eigenvalue weighted by Crippen LogP contribution is -2.46. The number of carbonyl (C=O) groups is 2. The van der Waals surface area contributed by atoms with Crippen LogP contribution < -0.4 is 20.8 Å². The van der Waals surface area contributed by atoms with Crippen molar-refractivity contribution in [2.24, 2.45) is 0 Å². The van der Waals surface area contributed by atoms with Crippen molar-refractivity contribution in [1.82, 2.24) is 10.6 Å². The molecular weight excluding hydrogens is 576 g/mol. The van der Waals surface area contributed by atoms with E-state index in [0.717, 1.165) is 16.7 Å². The first kappa shape index (κ1) is 30.8. The van der Waals surface area contributed by atoms with Crippen molar-refractivity contribution in [3.63, 3.8) is 0 Å². The van der Waals surface area contributed by atoms with E-state index < -0.39 is 23.4 Å². The molecule has 0 aromatic heterocycles. The molecule has 8 heteroatoms. The van der Waals surface area contributed by atoms with Gasteiger partial charge in [0.1, 0.15) is 0 Å². The van der Waals surface area contributed by atoms with Gasteiger partial charge in [0.15, 0.2) is 0 Å². The van der Waals surface area contributed by atoms with E-state index in [1.807, 2.05) is 54.6 Å². The third-order valence-electron chi connectivity index (χ3n) is 7.80. The van der Waals surface area contributed by atoms with Gasteiger partial charge in [-0.15, -0.1) is 0 Å². The average Bonchev–Trinajstić information content (AvgIpc) is 3.03. The Bertz CT molecular complexity index is 1590. The molecule has 1 heterocycles. The number of hydrogen-bond donors (Lipinski definition) is 2. The minimum Gasteiger partial charge on any atom is -0.545 e. The Hall–Kier alpha value is -4.69. The summed E-state index contributed by atoms with van der Waals surface area (Å²) in [6.07, 6.45) is 0. The number of dihydropyridines is 1. The molecule has 7 nitrogen and oxygen atoms in total. The Morgan fingerprint density at radius 3 is 1.73 bits per heavy atom. The van der Waals surface area contributed by atoms with Gasteiger partial charge in [0.25, 0.3) is 0 Å². The third-order valence-corrected chi connectivity index (χ3v) is 8.15. The van der Waals surface area contributed by atoms with Gasteiger partial charge in [-0.25, -0.2) is 0 Å². The van der Waals surface area contributed by atoms with Gasteiger partial charge in [0.2, 0.25) is 0 Å². The van der Waals surface area contributed by atoms with Crippen LogP contribution in [0, 0.1) is 0 Å². The highest BCUT2D eigenvalue weighted by molar-refractivity contribution is 6.31. The lowest BCUT2D eigenvalue weighted by Gasteiger charge is -2.37. The number of halogens is 1. The summed E-state index contributed by atoms with van der Waals surface area (Å²) in [5.74, 6) is -4.22. The van der Waals surface area contributed by atoms with E-state index in [4.69, 9.17) is 16.3 Å². The van der Waals surface area contributed by atoms with Crippen LogP contribution in [0.4, 0.5) is 0 Å². The van der Waals surface area contributed by atoms with E-state index in [9.17, 15) is 19.8 Å². The van der Waals surface area contributed by atoms with E-state index in [2.05, 4.69) is 47.0 Å². The van der Waals surface area contributed by atoms with Gasteiger partial charge in [0.05, 0.1) is 30.7 Å². The summed E-state index contributed by atoms with van der Waals surface area (Å²) in [6.45, 7) is 2.04. The molecule has 1 aliphatic heterocycles. The van der Waals surface area contributed by atoms with E-state index in [1.165, 1.54) is 0 Å². The lowest BCUT2D eigenvalue weighted by atomic mass is 9.77. The second-order valence-corrected chi connectivity index (χ2v) is 10.8. The van der Waals surface area contributed by atoms with Crippen LogP contribution in [0.5, 0.6) is 0 Å². The molecule has 1 unspecified atom stereocenters. The molecule has 0 amide bonds. The molecule has 4 aromatic carbocycles. The molecule has 1 atom stereocenters. The number of carbonyl (C=O) groups excluding carboxylic acids is 2. The highest BCUT2D eigenvalue weighted by Gasteiger charge is 2.36. The molecule has 0 saturated heterocycles. The number of ether oxygens (including phenoxy) is 1. The molecular formula is C36H31ClN2O5-2. The average molecular weight is 607 g/mol. The topological polar surface area (TPSA) is 114 Å². The quantitative estimate of drug-likeness (QED) is 0.187. The van der Waals surface area contributed by atoms with Crippen LogP contribution in [-0.2, 0) is 19.9 Å². The van der Waals surface area contributed by atoms with Crippen molar-refractivity contribution in [3.05, 3.63) is 165 Å². The first-order chi connectivity index (χ1) is 21.3. The van der Waals surface area contributed by atoms with E-state index in [0.29, 0.717) is 12.1 Å².